The molecule has 41 heavy (non-hydrogen) atoms. The molecule has 10 heteroatoms. The lowest BCUT2D eigenvalue weighted by Crippen LogP contribution is -2.55. The number of hydrogen-bond acceptors (Lipinski definition) is 4. The molecule has 0 saturated carbocycles. The first-order valence-electron chi connectivity index (χ1n) is 13.3. The summed E-state index contributed by atoms with van der Waals surface area (Å²) in [5.74, 6) is -0.932. The third-order valence-corrected chi connectivity index (χ3v) is 9.00. The summed E-state index contributed by atoms with van der Waals surface area (Å²) in [6, 6.07) is 17.5. The van der Waals surface area contributed by atoms with Crippen LogP contribution in [0.15, 0.2) is 71.6 Å². The van der Waals surface area contributed by atoms with Crippen molar-refractivity contribution < 1.29 is 18.0 Å². The normalized spacial score (nSPS) is 12.5. The van der Waals surface area contributed by atoms with E-state index >= 15 is 0 Å². The SMILES string of the molecule is CC[C@H](C(=O)NC(C)(C)C)N(Cc1c(Cl)cccc1Cl)C(=O)CN(c1cc(C)ccc1C)S(=O)(=O)c1ccccc1. The molecular weight excluding hydrogens is 581 g/mol. The third-order valence-electron chi connectivity index (χ3n) is 6.52. The molecule has 2 amide bonds. The molecule has 0 spiro atoms. The molecule has 0 aliphatic heterocycles. The lowest BCUT2D eigenvalue weighted by atomic mass is 10.1. The summed E-state index contributed by atoms with van der Waals surface area (Å²) in [7, 11) is -4.16. The Hall–Kier alpha value is -3.07. The summed E-state index contributed by atoms with van der Waals surface area (Å²) in [5.41, 5.74) is 1.81. The zero-order chi connectivity index (χ0) is 30.5. The van der Waals surface area contributed by atoms with Gasteiger partial charge in [-0.15, -0.1) is 0 Å². The van der Waals surface area contributed by atoms with Gasteiger partial charge in [0.2, 0.25) is 11.8 Å². The Bertz CT molecular complexity index is 1490. The minimum absolute atomic E-state index is 0.0481. The Morgan fingerprint density at radius 1 is 0.927 bits per heavy atom. The van der Waals surface area contributed by atoms with E-state index in [1.165, 1.54) is 17.0 Å². The number of nitrogens with one attached hydrogen (secondary N) is 1. The van der Waals surface area contributed by atoms with E-state index in [-0.39, 0.29) is 23.8 Å². The lowest BCUT2D eigenvalue weighted by Gasteiger charge is -2.35. The molecule has 0 aliphatic carbocycles. The Kier molecular flexibility index (Phi) is 10.5. The molecule has 7 nitrogen and oxygen atoms in total. The van der Waals surface area contributed by atoms with Crippen LogP contribution in [0.1, 0.15) is 50.8 Å². The fourth-order valence-corrected chi connectivity index (χ4v) is 6.46. The summed E-state index contributed by atoms with van der Waals surface area (Å²) >= 11 is 13.0. The zero-order valence-electron chi connectivity index (χ0n) is 24.2. The van der Waals surface area contributed by atoms with E-state index < -0.39 is 34.1 Å². The van der Waals surface area contributed by atoms with Gasteiger partial charge < -0.3 is 10.2 Å². The van der Waals surface area contributed by atoms with E-state index in [1.807, 2.05) is 39.8 Å². The predicted molar refractivity (Wildman–Crippen MR) is 166 cm³/mol. The summed E-state index contributed by atoms with van der Waals surface area (Å²) in [4.78, 5) is 29.1. The van der Waals surface area contributed by atoms with Crippen molar-refractivity contribution in [2.45, 2.75) is 71.0 Å². The Balaban J connectivity index is 2.15. The molecule has 0 aromatic heterocycles. The first-order valence-corrected chi connectivity index (χ1v) is 15.5. The van der Waals surface area contributed by atoms with E-state index in [0.29, 0.717) is 26.9 Å². The number of amides is 2. The molecule has 0 saturated heterocycles. The van der Waals surface area contributed by atoms with Gasteiger partial charge in [-0.05, 0) is 82.5 Å². The minimum Gasteiger partial charge on any atom is -0.350 e. The summed E-state index contributed by atoms with van der Waals surface area (Å²) in [6.07, 6.45) is 0.282. The van der Waals surface area contributed by atoms with Gasteiger partial charge in [-0.2, -0.15) is 0 Å². The molecule has 1 atom stereocenters. The number of nitrogens with zero attached hydrogens (tertiary/aromatic N) is 2. The van der Waals surface area contributed by atoms with Crippen LogP contribution >= 0.6 is 23.2 Å². The van der Waals surface area contributed by atoms with Crippen LogP contribution in [0.5, 0.6) is 0 Å². The average Bonchev–Trinajstić information content (AvgIpc) is 2.89. The Morgan fingerprint density at radius 3 is 2.10 bits per heavy atom. The number of sulfonamides is 1. The maximum absolute atomic E-state index is 14.3. The largest absolute Gasteiger partial charge is 0.350 e. The first kappa shape index (κ1) is 32.4. The second-order valence-electron chi connectivity index (χ2n) is 11.0. The number of halogens is 2. The number of carbonyl (C=O) groups excluding carboxylic acids is 2. The number of carbonyl (C=O) groups is 2. The van der Waals surface area contributed by atoms with Gasteiger partial charge in [-0.3, -0.25) is 13.9 Å². The van der Waals surface area contributed by atoms with Crippen LogP contribution < -0.4 is 9.62 Å². The van der Waals surface area contributed by atoms with Crippen LogP contribution in [-0.2, 0) is 26.2 Å². The van der Waals surface area contributed by atoms with Crippen LogP contribution in [0.4, 0.5) is 5.69 Å². The highest BCUT2D eigenvalue weighted by Gasteiger charge is 2.35. The number of benzene rings is 3. The fourth-order valence-electron chi connectivity index (χ4n) is 4.45. The molecule has 220 valence electrons. The van der Waals surface area contributed by atoms with Gasteiger partial charge in [0.1, 0.15) is 12.6 Å². The molecule has 0 heterocycles. The molecule has 0 unspecified atom stereocenters. The second kappa shape index (κ2) is 13.3. The molecule has 1 N–H and O–H groups in total. The van der Waals surface area contributed by atoms with Crippen molar-refractivity contribution >= 4 is 50.7 Å². The molecule has 3 aromatic carbocycles. The van der Waals surface area contributed by atoms with Crippen LogP contribution in [0, 0.1) is 13.8 Å². The fraction of sp³-hybridized carbons (Fsp3) is 0.355. The first-order chi connectivity index (χ1) is 19.2. The van der Waals surface area contributed by atoms with Crippen molar-refractivity contribution in [3.8, 4) is 0 Å². The number of rotatable bonds is 10. The standard InChI is InChI=1S/C31H37Cl2N3O4S/c1-7-27(30(38)34-31(4,5)6)35(19-24-25(32)14-11-15-26(24)33)29(37)20-36(28-18-21(2)16-17-22(28)3)41(39,40)23-12-9-8-10-13-23/h8-18,27H,7,19-20H2,1-6H3,(H,34,38)/t27-/m1/s1. The van der Waals surface area contributed by atoms with Crippen LogP contribution in [-0.4, -0.2) is 43.3 Å². The highest BCUT2D eigenvalue weighted by atomic mass is 35.5. The van der Waals surface area contributed by atoms with Gasteiger partial charge in [0, 0.05) is 27.7 Å². The van der Waals surface area contributed by atoms with Crippen LogP contribution in [0.3, 0.4) is 0 Å². The monoisotopic (exact) mass is 617 g/mol. The smallest absolute Gasteiger partial charge is 0.264 e. The molecule has 0 fully saturated rings. The molecule has 0 aliphatic rings. The maximum Gasteiger partial charge on any atom is 0.264 e. The van der Waals surface area contributed by atoms with Gasteiger partial charge in [0.15, 0.2) is 0 Å². The maximum atomic E-state index is 14.3. The average molecular weight is 619 g/mol. The van der Waals surface area contributed by atoms with Crippen molar-refractivity contribution in [2.24, 2.45) is 0 Å². The topological polar surface area (TPSA) is 86.8 Å². The highest BCUT2D eigenvalue weighted by Crippen LogP contribution is 2.30. The molecular formula is C31H37Cl2N3O4S. The summed E-state index contributed by atoms with van der Waals surface area (Å²) < 4.78 is 29.1. The van der Waals surface area contributed by atoms with E-state index in [4.69, 9.17) is 23.2 Å². The summed E-state index contributed by atoms with van der Waals surface area (Å²) in [5, 5.41) is 3.62. The van der Waals surface area contributed by atoms with Gasteiger partial charge in [0.25, 0.3) is 10.0 Å². The van der Waals surface area contributed by atoms with E-state index in [0.717, 1.165) is 9.87 Å². The van der Waals surface area contributed by atoms with Crippen molar-refractivity contribution in [3.63, 3.8) is 0 Å². The molecule has 0 radical (unpaired) electrons. The van der Waals surface area contributed by atoms with Crippen LogP contribution in [0.25, 0.3) is 0 Å². The number of hydrogen-bond donors (Lipinski definition) is 1. The van der Waals surface area contributed by atoms with Gasteiger partial charge in [-0.1, -0.05) is 66.5 Å². The van der Waals surface area contributed by atoms with E-state index in [2.05, 4.69) is 5.32 Å². The zero-order valence-corrected chi connectivity index (χ0v) is 26.6. The predicted octanol–water partition coefficient (Wildman–Crippen LogP) is 6.53. The minimum atomic E-state index is -4.16. The van der Waals surface area contributed by atoms with Gasteiger partial charge in [0.05, 0.1) is 10.6 Å². The van der Waals surface area contributed by atoms with Crippen molar-refractivity contribution in [3.05, 3.63) is 93.5 Å². The van der Waals surface area contributed by atoms with Crippen molar-refractivity contribution in [2.75, 3.05) is 10.8 Å². The lowest BCUT2D eigenvalue weighted by molar-refractivity contribution is -0.141. The molecule has 3 aromatic rings. The molecule has 0 bridgehead atoms. The summed E-state index contributed by atoms with van der Waals surface area (Å²) in [6.45, 7) is 10.4. The molecule has 3 rings (SSSR count). The Labute approximate surface area is 253 Å². The van der Waals surface area contributed by atoms with Gasteiger partial charge >= 0.3 is 0 Å². The van der Waals surface area contributed by atoms with E-state index in [9.17, 15) is 18.0 Å². The second-order valence-corrected chi connectivity index (χ2v) is 13.7. The van der Waals surface area contributed by atoms with Crippen molar-refractivity contribution in [1.29, 1.82) is 0 Å². The van der Waals surface area contributed by atoms with E-state index in [1.54, 1.807) is 56.3 Å². The highest BCUT2D eigenvalue weighted by molar-refractivity contribution is 7.92. The van der Waals surface area contributed by atoms with Crippen LogP contribution in [0.2, 0.25) is 10.0 Å². The number of anilines is 1. The quantitative estimate of drug-likeness (QED) is 0.280. The third kappa shape index (κ3) is 8.03. The number of aryl methyl sites for hydroxylation is 2. The van der Waals surface area contributed by atoms with Gasteiger partial charge in [-0.25, -0.2) is 8.42 Å². The van der Waals surface area contributed by atoms with Crippen molar-refractivity contribution in [1.82, 2.24) is 10.2 Å². The Morgan fingerprint density at radius 2 is 1.54 bits per heavy atom.